The summed E-state index contributed by atoms with van der Waals surface area (Å²) >= 11 is 0. The van der Waals surface area contributed by atoms with Gasteiger partial charge in [-0.15, -0.1) is 0 Å². The first kappa shape index (κ1) is 13.8. The quantitative estimate of drug-likeness (QED) is 0.567. The fourth-order valence-electron chi connectivity index (χ4n) is 2.18. The van der Waals surface area contributed by atoms with Crippen molar-refractivity contribution < 1.29 is 4.79 Å². The summed E-state index contributed by atoms with van der Waals surface area (Å²) in [6, 6.07) is 7.91. The highest BCUT2D eigenvalue weighted by molar-refractivity contribution is 6.04. The number of hydrogen-bond donors (Lipinski definition) is 3. The number of hydrogen-bond acceptors (Lipinski definition) is 3. The van der Waals surface area contributed by atoms with E-state index in [0.29, 0.717) is 17.2 Å². The summed E-state index contributed by atoms with van der Waals surface area (Å²) in [5, 5.41) is 9.41. The van der Waals surface area contributed by atoms with E-state index in [1.54, 1.807) is 18.5 Å². The van der Waals surface area contributed by atoms with E-state index >= 15 is 0 Å². The van der Waals surface area contributed by atoms with Crippen LogP contribution in [0.4, 0.5) is 0 Å². The van der Waals surface area contributed by atoms with Crippen molar-refractivity contribution in [2.45, 2.75) is 13.8 Å². The Morgan fingerprint density at radius 2 is 2.10 bits per heavy atom. The van der Waals surface area contributed by atoms with Crippen molar-refractivity contribution in [2.24, 2.45) is 12.8 Å². The average molecular weight is 271 g/mol. The topological polar surface area (TPSA) is 96.8 Å². The van der Waals surface area contributed by atoms with Crippen molar-refractivity contribution in [2.75, 3.05) is 0 Å². The zero-order chi connectivity index (χ0) is 14.9. The van der Waals surface area contributed by atoms with E-state index in [4.69, 9.17) is 11.1 Å². The Hall–Kier alpha value is -2.63. The molecule has 0 atom stereocenters. The molecule has 0 fully saturated rings. The van der Waals surface area contributed by atoms with Gasteiger partial charge in [0.1, 0.15) is 11.5 Å². The molecule has 0 radical (unpaired) electrons. The van der Waals surface area contributed by atoms with Crippen LogP contribution in [0.15, 0.2) is 24.3 Å². The summed E-state index contributed by atoms with van der Waals surface area (Å²) in [6.45, 7) is 3.76. The van der Waals surface area contributed by atoms with Gasteiger partial charge in [0.15, 0.2) is 5.96 Å². The predicted octanol–water partition coefficient (Wildman–Crippen LogP) is 1.33. The average Bonchev–Trinajstić information content (AvgIpc) is 2.64. The maximum atomic E-state index is 12.0. The second-order valence-electron chi connectivity index (χ2n) is 4.67. The Balaban J connectivity index is 2.49. The Labute approximate surface area is 117 Å². The highest BCUT2D eigenvalue weighted by Gasteiger charge is 2.19. The van der Waals surface area contributed by atoms with Crippen molar-refractivity contribution in [1.29, 1.82) is 5.41 Å². The number of nitrogens with two attached hydrogens (primary N) is 1. The van der Waals surface area contributed by atoms with Crippen LogP contribution in [0.2, 0.25) is 0 Å². The number of guanidine groups is 1. The SMILES string of the molecule is Cc1cccc(-c2nc(C)c(C(=O)NC(=N)N)n2C)c1. The number of carbonyl (C=O) groups is 1. The summed E-state index contributed by atoms with van der Waals surface area (Å²) < 4.78 is 1.71. The zero-order valence-corrected chi connectivity index (χ0v) is 11.7. The summed E-state index contributed by atoms with van der Waals surface area (Å²) in [5.41, 5.74) is 8.25. The molecular formula is C14H17N5O. The molecule has 6 nitrogen and oxygen atoms in total. The van der Waals surface area contributed by atoms with E-state index in [0.717, 1.165) is 11.1 Å². The van der Waals surface area contributed by atoms with Crippen LogP contribution in [0.1, 0.15) is 21.7 Å². The van der Waals surface area contributed by atoms with E-state index < -0.39 is 5.91 Å². The van der Waals surface area contributed by atoms with Gasteiger partial charge in [0.2, 0.25) is 0 Å². The van der Waals surface area contributed by atoms with Gasteiger partial charge in [-0.1, -0.05) is 23.8 Å². The number of rotatable bonds is 2. The second-order valence-corrected chi connectivity index (χ2v) is 4.67. The van der Waals surface area contributed by atoms with Crippen LogP contribution in [0.25, 0.3) is 11.4 Å². The molecule has 0 saturated heterocycles. The molecule has 104 valence electrons. The van der Waals surface area contributed by atoms with Crippen LogP contribution in [-0.2, 0) is 7.05 Å². The predicted molar refractivity (Wildman–Crippen MR) is 77.5 cm³/mol. The van der Waals surface area contributed by atoms with Crippen LogP contribution in [0, 0.1) is 19.3 Å². The number of carbonyl (C=O) groups excluding carboxylic acids is 1. The van der Waals surface area contributed by atoms with Gasteiger partial charge in [0, 0.05) is 12.6 Å². The minimum atomic E-state index is -0.427. The van der Waals surface area contributed by atoms with Crippen molar-refractivity contribution in [3.05, 3.63) is 41.2 Å². The third-order valence-corrected chi connectivity index (χ3v) is 3.01. The first-order valence-electron chi connectivity index (χ1n) is 6.16. The molecule has 1 aromatic carbocycles. The summed E-state index contributed by atoms with van der Waals surface area (Å²) in [6.07, 6.45) is 0. The molecule has 20 heavy (non-hydrogen) atoms. The molecule has 4 N–H and O–H groups in total. The van der Waals surface area contributed by atoms with E-state index in [9.17, 15) is 4.79 Å². The lowest BCUT2D eigenvalue weighted by Crippen LogP contribution is -2.36. The molecule has 0 aliphatic carbocycles. The lowest BCUT2D eigenvalue weighted by Gasteiger charge is -2.07. The van der Waals surface area contributed by atoms with E-state index in [1.807, 2.05) is 31.2 Å². The van der Waals surface area contributed by atoms with E-state index in [-0.39, 0.29) is 5.96 Å². The largest absolute Gasteiger partial charge is 0.370 e. The Bertz CT molecular complexity index is 687. The Morgan fingerprint density at radius 1 is 1.40 bits per heavy atom. The van der Waals surface area contributed by atoms with Gasteiger partial charge < -0.3 is 10.3 Å². The number of nitrogens with one attached hydrogen (secondary N) is 2. The molecule has 1 aromatic heterocycles. The number of aromatic nitrogens is 2. The summed E-state index contributed by atoms with van der Waals surface area (Å²) in [5.74, 6) is -0.100. The fraction of sp³-hybridized carbons (Fsp3) is 0.214. The highest BCUT2D eigenvalue weighted by atomic mass is 16.2. The maximum Gasteiger partial charge on any atom is 0.276 e. The first-order valence-corrected chi connectivity index (χ1v) is 6.16. The van der Waals surface area contributed by atoms with Gasteiger partial charge in [0.05, 0.1) is 5.69 Å². The number of imidazole rings is 1. The minimum Gasteiger partial charge on any atom is -0.370 e. The molecule has 6 heteroatoms. The molecule has 0 aliphatic rings. The monoisotopic (exact) mass is 271 g/mol. The van der Waals surface area contributed by atoms with Crippen LogP contribution < -0.4 is 11.1 Å². The summed E-state index contributed by atoms with van der Waals surface area (Å²) in [4.78, 5) is 16.5. The van der Waals surface area contributed by atoms with Crippen molar-refractivity contribution in [1.82, 2.24) is 14.9 Å². The van der Waals surface area contributed by atoms with Crippen LogP contribution in [-0.4, -0.2) is 21.4 Å². The van der Waals surface area contributed by atoms with Gasteiger partial charge in [-0.25, -0.2) is 4.98 Å². The number of benzene rings is 1. The maximum absolute atomic E-state index is 12.0. The van der Waals surface area contributed by atoms with Crippen LogP contribution in [0.3, 0.4) is 0 Å². The van der Waals surface area contributed by atoms with E-state index in [2.05, 4.69) is 10.3 Å². The molecule has 2 aromatic rings. The molecule has 0 bridgehead atoms. The first-order chi connectivity index (χ1) is 9.40. The number of amides is 1. The smallest absolute Gasteiger partial charge is 0.276 e. The molecule has 2 rings (SSSR count). The molecule has 0 spiro atoms. The van der Waals surface area contributed by atoms with Gasteiger partial charge in [-0.05, 0) is 19.9 Å². The van der Waals surface area contributed by atoms with Crippen molar-refractivity contribution >= 4 is 11.9 Å². The highest BCUT2D eigenvalue weighted by Crippen LogP contribution is 2.22. The lowest BCUT2D eigenvalue weighted by molar-refractivity contribution is 0.0968. The van der Waals surface area contributed by atoms with Gasteiger partial charge in [0.25, 0.3) is 5.91 Å². The van der Waals surface area contributed by atoms with E-state index in [1.165, 1.54) is 0 Å². The molecule has 0 aliphatic heterocycles. The van der Waals surface area contributed by atoms with Gasteiger partial charge in [-0.2, -0.15) is 0 Å². The standard InChI is InChI=1S/C14H17N5O/c1-8-5-4-6-10(7-8)12-17-9(2)11(19(12)3)13(20)18-14(15)16/h4-7H,1-3H3,(H4,15,16,18,20). The Morgan fingerprint density at radius 3 is 2.70 bits per heavy atom. The van der Waals surface area contributed by atoms with Gasteiger partial charge in [-0.3, -0.25) is 15.5 Å². The Kier molecular flexibility index (Phi) is 3.56. The minimum absolute atomic E-state index is 0.382. The van der Waals surface area contributed by atoms with Crippen molar-refractivity contribution in [3.8, 4) is 11.4 Å². The summed E-state index contributed by atoms with van der Waals surface area (Å²) in [7, 11) is 1.77. The molecule has 0 unspecified atom stereocenters. The fourth-order valence-corrected chi connectivity index (χ4v) is 2.18. The molecule has 1 amide bonds. The molecule has 1 heterocycles. The van der Waals surface area contributed by atoms with Crippen LogP contribution in [0.5, 0.6) is 0 Å². The van der Waals surface area contributed by atoms with Crippen LogP contribution >= 0.6 is 0 Å². The molecule has 0 saturated carbocycles. The lowest BCUT2D eigenvalue weighted by atomic mass is 10.1. The zero-order valence-electron chi connectivity index (χ0n) is 11.7. The third kappa shape index (κ3) is 2.54. The number of aryl methyl sites for hydroxylation is 2. The van der Waals surface area contributed by atoms with Crippen molar-refractivity contribution in [3.63, 3.8) is 0 Å². The van der Waals surface area contributed by atoms with Gasteiger partial charge >= 0.3 is 0 Å². The third-order valence-electron chi connectivity index (χ3n) is 3.01. The normalized spacial score (nSPS) is 10.3. The number of nitrogens with zero attached hydrogens (tertiary/aromatic N) is 2. The second kappa shape index (κ2) is 5.16. The molecular weight excluding hydrogens is 254 g/mol.